The molecule has 0 bridgehead atoms. The number of amides is 2. The Balaban J connectivity index is 1.65. The summed E-state index contributed by atoms with van der Waals surface area (Å²) in [6.07, 6.45) is 0.709. The van der Waals surface area contributed by atoms with Gasteiger partial charge in [0.1, 0.15) is 17.4 Å². The van der Waals surface area contributed by atoms with E-state index in [1.165, 1.54) is 4.90 Å². The van der Waals surface area contributed by atoms with Crippen LogP contribution >= 0.6 is 11.6 Å². The molecule has 0 heterocycles. The van der Waals surface area contributed by atoms with E-state index in [-0.39, 0.29) is 24.4 Å². The standard InChI is InChI=1S/C20H21ClF2N2O3/c1-25(11-2-12-28-16-6-3-14(21)4-7-16)19(26)9-10-24-20(27)17-8-5-15(22)13-18(17)23/h3-8,13H,2,9-12H2,1H3,(H,24,27). The number of rotatable bonds is 9. The molecule has 0 aromatic heterocycles. The average molecular weight is 411 g/mol. The molecule has 0 saturated carbocycles. The van der Waals surface area contributed by atoms with E-state index in [9.17, 15) is 18.4 Å². The third-order valence-electron chi connectivity index (χ3n) is 3.95. The molecule has 2 amide bonds. The van der Waals surface area contributed by atoms with Crippen LogP contribution in [0.25, 0.3) is 0 Å². The number of nitrogens with zero attached hydrogens (tertiary/aromatic N) is 1. The fourth-order valence-electron chi connectivity index (χ4n) is 2.39. The van der Waals surface area contributed by atoms with Gasteiger partial charge in [0.2, 0.25) is 5.91 Å². The van der Waals surface area contributed by atoms with Crippen molar-refractivity contribution in [2.45, 2.75) is 12.8 Å². The number of ether oxygens (including phenoxy) is 1. The Hall–Kier alpha value is -2.67. The first kappa shape index (κ1) is 21.6. The van der Waals surface area contributed by atoms with E-state index in [4.69, 9.17) is 16.3 Å². The van der Waals surface area contributed by atoms with E-state index in [0.29, 0.717) is 36.4 Å². The van der Waals surface area contributed by atoms with Gasteiger partial charge < -0.3 is 15.0 Å². The van der Waals surface area contributed by atoms with E-state index >= 15 is 0 Å². The van der Waals surface area contributed by atoms with Crippen LogP contribution in [0.4, 0.5) is 8.78 Å². The molecule has 150 valence electrons. The Labute approximate surface area is 167 Å². The maximum atomic E-state index is 13.5. The lowest BCUT2D eigenvalue weighted by molar-refractivity contribution is -0.129. The number of carbonyl (C=O) groups excluding carboxylic acids is 2. The summed E-state index contributed by atoms with van der Waals surface area (Å²) in [5.74, 6) is -1.85. The first-order chi connectivity index (χ1) is 13.4. The van der Waals surface area contributed by atoms with Crippen LogP contribution < -0.4 is 10.1 Å². The molecule has 0 aliphatic rings. The largest absolute Gasteiger partial charge is 0.494 e. The van der Waals surface area contributed by atoms with Crippen LogP contribution in [0.5, 0.6) is 5.75 Å². The van der Waals surface area contributed by atoms with Crippen molar-refractivity contribution in [2.24, 2.45) is 0 Å². The third kappa shape index (κ3) is 6.81. The van der Waals surface area contributed by atoms with E-state index in [1.807, 2.05) is 0 Å². The smallest absolute Gasteiger partial charge is 0.254 e. The minimum absolute atomic E-state index is 0.0557. The lowest BCUT2D eigenvalue weighted by Crippen LogP contribution is -2.33. The molecule has 1 N–H and O–H groups in total. The Morgan fingerprint density at radius 2 is 1.86 bits per heavy atom. The van der Waals surface area contributed by atoms with Crippen LogP contribution in [0, 0.1) is 11.6 Å². The van der Waals surface area contributed by atoms with Crippen molar-refractivity contribution in [3.05, 3.63) is 64.7 Å². The molecule has 2 aromatic carbocycles. The van der Waals surface area contributed by atoms with Gasteiger partial charge >= 0.3 is 0 Å². The van der Waals surface area contributed by atoms with Crippen LogP contribution in [-0.2, 0) is 4.79 Å². The summed E-state index contributed by atoms with van der Waals surface area (Å²) >= 11 is 5.80. The van der Waals surface area contributed by atoms with Crippen LogP contribution in [0.15, 0.2) is 42.5 Å². The van der Waals surface area contributed by atoms with E-state index < -0.39 is 17.5 Å². The first-order valence-electron chi connectivity index (χ1n) is 8.72. The zero-order valence-corrected chi connectivity index (χ0v) is 16.1. The number of carbonyl (C=O) groups is 2. The molecule has 0 saturated heterocycles. The summed E-state index contributed by atoms with van der Waals surface area (Å²) in [7, 11) is 1.66. The predicted molar refractivity (Wildman–Crippen MR) is 103 cm³/mol. The highest BCUT2D eigenvalue weighted by atomic mass is 35.5. The van der Waals surface area contributed by atoms with Gasteiger partial charge in [0.15, 0.2) is 0 Å². The summed E-state index contributed by atoms with van der Waals surface area (Å²) in [6, 6.07) is 9.71. The monoisotopic (exact) mass is 410 g/mol. The van der Waals surface area contributed by atoms with Crippen molar-refractivity contribution >= 4 is 23.4 Å². The highest BCUT2D eigenvalue weighted by Crippen LogP contribution is 2.15. The zero-order valence-electron chi connectivity index (χ0n) is 15.4. The Bertz CT molecular complexity index is 816. The number of benzene rings is 2. The van der Waals surface area contributed by atoms with Gasteiger partial charge in [-0.05, 0) is 42.8 Å². The molecule has 2 aromatic rings. The summed E-state index contributed by atoms with van der Waals surface area (Å²) < 4.78 is 32.0. The Morgan fingerprint density at radius 1 is 1.14 bits per heavy atom. The minimum atomic E-state index is -0.943. The van der Waals surface area contributed by atoms with Gasteiger partial charge in [0, 0.05) is 37.6 Å². The number of hydrogen-bond acceptors (Lipinski definition) is 3. The zero-order chi connectivity index (χ0) is 20.5. The second-order valence-electron chi connectivity index (χ2n) is 6.10. The van der Waals surface area contributed by atoms with Crippen LogP contribution in [-0.4, -0.2) is 43.5 Å². The van der Waals surface area contributed by atoms with Crippen molar-refractivity contribution in [3.63, 3.8) is 0 Å². The Morgan fingerprint density at radius 3 is 2.54 bits per heavy atom. The molecular weight excluding hydrogens is 390 g/mol. The molecule has 0 unspecified atom stereocenters. The first-order valence-corrected chi connectivity index (χ1v) is 9.10. The quantitative estimate of drug-likeness (QED) is 0.642. The van der Waals surface area contributed by atoms with Crippen molar-refractivity contribution < 1.29 is 23.1 Å². The highest BCUT2D eigenvalue weighted by Gasteiger charge is 2.13. The normalized spacial score (nSPS) is 10.4. The molecule has 0 aliphatic heterocycles. The van der Waals surface area contributed by atoms with Crippen LogP contribution in [0.1, 0.15) is 23.2 Å². The maximum absolute atomic E-state index is 13.5. The van der Waals surface area contributed by atoms with Crippen molar-refractivity contribution in [1.29, 1.82) is 0 Å². The number of hydrogen-bond donors (Lipinski definition) is 1. The third-order valence-corrected chi connectivity index (χ3v) is 4.20. The summed E-state index contributed by atoms with van der Waals surface area (Å²) in [5, 5.41) is 3.09. The summed E-state index contributed by atoms with van der Waals surface area (Å²) in [5.41, 5.74) is -0.262. The van der Waals surface area contributed by atoms with Gasteiger partial charge in [0.05, 0.1) is 12.2 Å². The Kier molecular flexibility index (Phi) is 8.19. The maximum Gasteiger partial charge on any atom is 0.254 e. The topological polar surface area (TPSA) is 58.6 Å². The van der Waals surface area contributed by atoms with Gasteiger partial charge in [0.25, 0.3) is 5.91 Å². The number of halogens is 3. The van der Waals surface area contributed by atoms with Crippen LogP contribution in [0.3, 0.4) is 0 Å². The molecule has 0 fully saturated rings. The van der Waals surface area contributed by atoms with E-state index in [0.717, 1.165) is 12.1 Å². The fourth-order valence-corrected chi connectivity index (χ4v) is 2.52. The van der Waals surface area contributed by atoms with Crippen molar-refractivity contribution in [2.75, 3.05) is 26.7 Å². The average Bonchev–Trinajstić information content (AvgIpc) is 2.66. The van der Waals surface area contributed by atoms with Crippen molar-refractivity contribution in [1.82, 2.24) is 10.2 Å². The second kappa shape index (κ2) is 10.6. The van der Waals surface area contributed by atoms with Crippen molar-refractivity contribution in [3.8, 4) is 5.75 Å². The highest BCUT2D eigenvalue weighted by molar-refractivity contribution is 6.30. The minimum Gasteiger partial charge on any atom is -0.494 e. The summed E-state index contributed by atoms with van der Waals surface area (Å²) in [6.45, 7) is 0.993. The second-order valence-corrected chi connectivity index (χ2v) is 6.54. The van der Waals surface area contributed by atoms with Gasteiger partial charge in [-0.3, -0.25) is 9.59 Å². The molecule has 0 aliphatic carbocycles. The molecule has 2 rings (SSSR count). The molecule has 0 spiro atoms. The van der Waals surface area contributed by atoms with Gasteiger partial charge in [-0.25, -0.2) is 8.78 Å². The molecule has 5 nitrogen and oxygen atoms in total. The van der Waals surface area contributed by atoms with Gasteiger partial charge in [-0.15, -0.1) is 0 Å². The molecular formula is C20H21ClF2N2O3. The fraction of sp³-hybridized carbons (Fsp3) is 0.300. The van der Waals surface area contributed by atoms with Gasteiger partial charge in [-0.1, -0.05) is 11.6 Å². The lowest BCUT2D eigenvalue weighted by Gasteiger charge is -2.17. The van der Waals surface area contributed by atoms with Gasteiger partial charge in [-0.2, -0.15) is 0 Å². The molecule has 28 heavy (non-hydrogen) atoms. The number of nitrogens with one attached hydrogen (secondary N) is 1. The molecule has 8 heteroatoms. The lowest BCUT2D eigenvalue weighted by atomic mass is 10.2. The van der Waals surface area contributed by atoms with E-state index in [1.54, 1.807) is 31.3 Å². The predicted octanol–water partition coefficient (Wildman–Crippen LogP) is 3.67. The molecule has 0 atom stereocenters. The molecule has 0 radical (unpaired) electrons. The van der Waals surface area contributed by atoms with E-state index in [2.05, 4.69) is 5.32 Å². The van der Waals surface area contributed by atoms with Crippen LogP contribution in [0.2, 0.25) is 5.02 Å². The SMILES string of the molecule is CN(CCCOc1ccc(Cl)cc1)C(=O)CCNC(=O)c1ccc(F)cc1F. The summed E-state index contributed by atoms with van der Waals surface area (Å²) in [4.78, 5) is 25.5.